The van der Waals surface area contributed by atoms with E-state index in [0.717, 1.165) is 11.4 Å². The Morgan fingerprint density at radius 3 is 2.80 bits per heavy atom. The van der Waals surface area contributed by atoms with Crippen molar-refractivity contribution in [2.45, 2.75) is 25.3 Å². The molecule has 1 unspecified atom stereocenters. The maximum Gasteiger partial charge on any atom is 0.254 e. The van der Waals surface area contributed by atoms with Crippen molar-refractivity contribution in [3.8, 4) is 28.3 Å². The van der Waals surface area contributed by atoms with E-state index in [0.29, 0.717) is 23.8 Å². The smallest absolute Gasteiger partial charge is 0.254 e. The van der Waals surface area contributed by atoms with Gasteiger partial charge in [0.05, 0.1) is 46.1 Å². The summed E-state index contributed by atoms with van der Waals surface area (Å²) in [6.07, 6.45) is 5.24. The van der Waals surface area contributed by atoms with Gasteiger partial charge in [-0.3, -0.25) is 9.36 Å². The number of nitrogens with zero attached hydrogens (tertiary/aromatic N) is 10. The van der Waals surface area contributed by atoms with Gasteiger partial charge in [-0.1, -0.05) is 23.7 Å². The third kappa shape index (κ3) is 3.34. The highest BCUT2D eigenvalue weighted by Gasteiger charge is 2.34. The number of imidazole rings is 1. The van der Waals surface area contributed by atoms with E-state index in [1.54, 1.807) is 34.8 Å². The normalized spacial score (nSPS) is 17.1. The molecule has 14 heteroatoms. The van der Waals surface area contributed by atoms with Gasteiger partial charge in [-0.15, -0.1) is 10.2 Å². The Kier molecular flexibility index (Phi) is 4.81. The lowest BCUT2D eigenvalue weighted by Gasteiger charge is -2.15. The molecule has 0 fully saturated rings. The Bertz CT molecular complexity index is 1620. The minimum Gasteiger partial charge on any atom is -0.339 e. The SMILES string of the molecule is C[C@H]1CC(c2ncc(-c3cnnn3C)[nH]2)n2c1nc(-c1c(-n3cnnn3)ccc(Cl)c1F)cc2=O. The molecule has 0 spiro atoms. The predicted molar refractivity (Wildman–Crippen MR) is 121 cm³/mol. The van der Waals surface area contributed by atoms with Crippen LogP contribution in [0.15, 0.2) is 41.7 Å². The second-order valence-electron chi connectivity index (χ2n) is 8.30. The molecule has 1 aromatic carbocycles. The first-order valence-corrected chi connectivity index (χ1v) is 11.1. The van der Waals surface area contributed by atoms with Gasteiger partial charge in [-0.25, -0.2) is 19.0 Å². The molecular weight excluding hydrogens is 477 g/mol. The summed E-state index contributed by atoms with van der Waals surface area (Å²) in [5.41, 5.74) is 1.68. The van der Waals surface area contributed by atoms with Crippen molar-refractivity contribution in [3.63, 3.8) is 0 Å². The van der Waals surface area contributed by atoms with E-state index in [-0.39, 0.29) is 33.8 Å². The lowest BCUT2D eigenvalue weighted by atomic mass is 10.1. The lowest BCUT2D eigenvalue weighted by molar-refractivity contribution is 0.555. The van der Waals surface area contributed by atoms with Crippen LogP contribution in [0.25, 0.3) is 28.3 Å². The molecule has 1 aliphatic heterocycles. The predicted octanol–water partition coefficient (Wildman–Crippen LogP) is 2.29. The number of aromatic amines is 1. The number of aromatic nitrogens is 11. The van der Waals surface area contributed by atoms with E-state index >= 15 is 4.39 Å². The quantitative estimate of drug-likeness (QED) is 0.402. The molecule has 0 amide bonds. The van der Waals surface area contributed by atoms with Crippen LogP contribution in [0, 0.1) is 5.82 Å². The first kappa shape index (κ1) is 21.3. The molecule has 6 rings (SSSR count). The molecule has 1 aliphatic rings. The fraction of sp³-hybridized carbons (Fsp3) is 0.238. The number of hydrogen-bond donors (Lipinski definition) is 1. The Labute approximate surface area is 201 Å². The maximum absolute atomic E-state index is 15.2. The first-order chi connectivity index (χ1) is 16.9. The van der Waals surface area contributed by atoms with Gasteiger partial charge in [0.15, 0.2) is 5.82 Å². The van der Waals surface area contributed by atoms with E-state index in [1.807, 2.05) is 6.92 Å². The summed E-state index contributed by atoms with van der Waals surface area (Å²) in [5, 5.41) is 18.8. The van der Waals surface area contributed by atoms with E-state index in [4.69, 9.17) is 16.6 Å². The topological polar surface area (TPSA) is 138 Å². The van der Waals surface area contributed by atoms with Gasteiger partial charge < -0.3 is 4.98 Å². The van der Waals surface area contributed by atoms with E-state index in [1.165, 1.54) is 23.1 Å². The molecule has 5 heterocycles. The van der Waals surface area contributed by atoms with Crippen LogP contribution in [0.1, 0.15) is 37.0 Å². The molecule has 176 valence electrons. The van der Waals surface area contributed by atoms with Crippen molar-refractivity contribution in [1.82, 2.24) is 54.7 Å². The third-order valence-corrected chi connectivity index (χ3v) is 6.43. The highest BCUT2D eigenvalue weighted by molar-refractivity contribution is 6.31. The Morgan fingerprint density at radius 2 is 2.06 bits per heavy atom. The number of H-pyrrole nitrogens is 1. The van der Waals surface area contributed by atoms with Crippen molar-refractivity contribution in [2.24, 2.45) is 7.05 Å². The van der Waals surface area contributed by atoms with Crippen LogP contribution in [0.4, 0.5) is 4.39 Å². The second kappa shape index (κ2) is 7.91. The van der Waals surface area contributed by atoms with Crippen LogP contribution in [0.3, 0.4) is 0 Å². The van der Waals surface area contributed by atoms with Crippen LogP contribution in [0.5, 0.6) is 0 Å². The van der Waals surface area contributed by atoms with Crippen molar-refractivity contribution < 1.29 is 4.39 Å². The Hall–Kier alpha value is -4.26. The van der Waals surface area contributed by atoms with Crippen LogP contribution in [-0.4, -0.2) is 54.7 Å². The fourth-order valence-electron chi connectivity index (χ4n) is 4.49. The second-order valence-corrected chi connectivity index (χ2v) is 8.70. The zero-order valence-electron chi connectivity index (χ0n) is 18.5. The van der Waals surface area contributed by atoms with Gasteiger partial charge in [0, 0.05) is 19.0 Å². The fourth-order valence-corrected chi connectivity index (χ4v) is 4.65. The van der Waals surface area contributed by atoms with Crippen LogP contribution >= 0.6 is 11.6 Å². The van der Waals surface area contributed by atoms with Crippen LogP contribution in [-0.2, 0) is 7.05 Å². The molecule has 0 saturated heterocycles. The molecule has 0 aliphatic carbocycles. The molecule has 4 aromatic heterocycles. The van der Waals surface area contributed by atoms with Crippen LogP contribution in [0.2, 0.25) is 5.02 Å². The van der Waals surface area contributed by atoms with Crippen molar-refractivity contribution in [2.75, 3.05) is 0 Å². The molecule has 0 saturated carbocycles. The number of hydrogen-bond acceptors (Lipinski definition) is 8. The zero-order chi connectivity index (χ0) is 24.3. The third-order valence-electron chi connectivity index (χ3n) is 6.14. The van der Waals surface area contributed by atoms with Gasteiger partial charge >= 0.3 is 0 Å². The summed E-state index contributed by atoms with van der Waals surface area (Å²) in [6, 6.07) is 3.93. The Morgan fingerprint density at radius 1 is 1.20 bits per heavy atom. The van der Waals surface area contributed by atoms with Gasteiger partial charge in [0.25, 0.3) is 5.56 Å². The highest BCUT2D eigenvalue weighted by atomic mass is 35.5. The molecule has 1 N–H and O–H groups in total. The highest BCUT2D eigenvalue weighted by Crippen LogP contribution is 2.39. The largest absolute Gasteiger partial charge is 0.339 e. The minimum absolute atomic E-state index is 0.0462. The summed E-state index contributed by atoms with van der Waals surface area (Å²) >= 11 is 6.07. The molecular formula is C21H17ClFN11O. The average Bonchev–Trinajstić information content (AvgIpc) is 3.63. The molecule has 12 nitrogen and oxygen atoms in total. The van der Waals surface area contributed by atoms with E-state index < -0.39 is 5.82 Å². The molecule has 0 bridgehead atoms. The standard InChI is InChI=1S/C21H17ClFN11O/c1-10-5-15(20-24-7-13(27-20)16-8-25-30-32(16)2)34-17(35)6-12(28-21(10)34)18-14(33-9-26-29-31-33)4-3-11(22)19(18)23/h3-4,6-10,15H,5H2,1-2H3,(H,24,27)/t10-,15?/m0/s1. The molecule has 35 heavy (non-hydrogen) atoms. The monoisotopic (exact) mass is 493 g/mol. The maximum atomic E-state index is 15.2. The Balaban J connectivity index is 1.47. The molecule has 0 radical (unpaired) electrons. The summed E-state index contributed by atoms with van der Waals surface area (Å²) in [7, 11) is 1.78. The van der Waals surface area contributed by atoms with E-state index in [9.17, 15) is 4.79 Å². The van der Waals surface area contributed by atoms with E-state index in [2.05, 4.69) is 35.8 Å². The van der Waals surface area contributed by atoms with Crippen molar-refractivity contribution in [3.05, 3.63) is 69.8 Å². The average molecular weight is 494 g/mol. The number of benzene rings is 1. The van der Waals surface area contributed by atoms with Gasteiger partial charge in [0.1, 0.15) is 23.7 Å². The molecule has 2 atom stereocenters. The number of rotatable bonds is 4. The summed E-state index contributed by atoms with van der Waals surface area (Å²) < 4.78 is 19.8. The number of halogens is 2. The number of aryl methyl sites for hydroxylation is 1. The minimum atomic E-state index is -0.709. The number of tetrazole rings is 1. The van der Waals surface area contributed by atoms with Crippen molar-refractivity contribution >= 4 is 11.6 Å². The first-order valence-electron chi connectivity index (χ1n) is 10.7. The van der Waals surface area contributed by atoms with Gasteiger partial charge in [-0.05, 0) is 29.0 Å². The number of fused-ring (bicyclic) bond motifs is 1. The van der Waals surface area contributed by atoms with Gasteiger partial charge in [-0.2, -0.15) is 4.68 Å². The van der Waals surface area contributed by atoms with Gasteiger partial charge in [0.2, 0.25) is 0 Å². The zero-order valence-corrected chi connectivity index (χ0v) is 19.2. The van der Waals surface area contributed by atoms with Crippen LogP contribution < -0.4 is 5.56 Å². The summed E-state index contributed by atoms with van der Waals surface area (Å²) in [5.74, 6) is 0.351. The molecule has 5 aromatic rings. The van der Waals surface area contributed by atoms with Crippen molar-refractivity contribution in [1.29, 1.82) is 0 Å². The lowest BCUT2D eigenvalue weighted by Crippen LogP contribution is -2.25. The summed E-state index contributed by atoms with van der Waals surface area (Å²) in [6.45, 7) is 1.97. The summed E-state index contributed by atoms with van der Waals surface area (Å²) in [4.78, 5) is 25.9. The number of nitrogens with one attached hydrogen (secondary N) is 1.